The Bertz CT molecular complexity index is 1080. The number of H-pyrrole nitrogens is 1. The number of hydrogen-bond acceptors (Lipinski definition) is 5. The van der Waals surface area contributed by atoms with E-state index in [4.69, 9.17) is 9.47 Å². The first-order valence-electron chi connectivity index (χ1n) is 10.6. The van der Waals surface area contributed by atoms with E-state index in [0.717, 1.165) is 54.3 Å². The average molecular weight is 417 g/mol. The number of imidazole rings is 1. The number of hydrogen-bond donors (Lipinski definition) is 1. The predicted octanol–water partition coefficient (Wildman–Crippen LogP) is 4.58. The van der Waals surface area contributed by atoms with Crippen LogP contribution in [-0.4, -0.2) is 53.7 Å². The molecule has 2 aromatic carbocycles. The summed E-state index contributed by atoms with van der Waals surface area (Å²) in [5.74, 6) is 2.25. The van der Waals surface area contributed by atoms with Crippen LogP contribution in [0.25, 0.3) is 22.6 Å². The molecule has 6 nitrogen and oxygen atoms in total. The molecule has 160 valence electrons. The molecule has 2 aromatic heterocycles. The van der Waals surface area contributed by atoms with E-state index < -0.39 is 0 Å². The van der Waals surface area contributed by atoms with Gasteiger partial charge in [-0.3, -0.25) is 0 Å². The van der Waals surface area contributed by atoms with Crippen LogP contribution < -0.4 is 9.47 Å². The highest BCUT2D eigenvalue weighted by Gasteiger charge is 2.13. The Hall–Kier alpha value is -3.38. The molecular formula is C25H28N4O2. The van der Waals surface area contributed by atoms with Gasteiger partial charge in [0, 0.05) is 25.4 Å². The summed E-state index contributed by atoms with van der Waals surface area (Å²) in [6, 6.07) is 20.2. The first-order valence-corrected chi connectivity index (χ1v) is 10.6. The number of methoxy groups -OCH3 is 1. The van der Waals surface area contributed by atoms with Crippen LogP contribution in [0.2, 0.25) is 0 Å². The second kappa shape index (κ2) is 10.1. The van der Waals surface area contributed by atoms with Crippen LogP contribution in [0.15, 0.2) is 66.9 Å². The van der Waals surface area contributed by atoms with Crippen LogP contribution in [-0.2, 0) is 6.42 Å². The maximum absolute atomic E-state index is 6.16. The maximum atomic E-state index is 6.16. The predicted molar refractivity (Wildman–Crippen MR) is 124 cm³/mol. The highest BCUT2D eigenvalue weighted by molar-refractivity contribution is 5.77. The third-order valence-corrected chi connectivity index (χ3v) is 5.27. The van der Waals surface area contributed by atoms with Gasteiger partial charge in [0.1, 0.15) is 17.3 Å². The largest absolute Gasteiger partial charge is 0.497 e. The van der Waals surface area contributed by atoms with Gasteiger partial charge in [-0.2, -0.15) is 0 Å². The number of nitrogens with one attached hydrogen (secondary N) is 1. The van der Waals surface area contributed by atoms with E-state index in [0.29, 0.717) is 12.3 Å². The lowest BCUT2D eigenvalue weighted by Gasteiger charge is -2.17. The van der Waals surface area contributed by atoms with Gasteiger partial charge in [0.15, 0.2) is 5.65 Å². The van der Waals surface area contributed by atoms with Gasteiger partial charge in [-0.15, -0.1) is 0 Å². The second-order valence-corrected chi connectivity index (χ2v) is 7.56. The van der Waals surface area contributed by atoms with Crippen LogP contribution in [0.3, 0.4) is 0 Å². The first kappa shape index (κ1) is 20.9. The highest BCUT2D eigenvalue weighted by Crippen LogP contribution is 2.32. The van der Waals surface area contributed by atoms with Crippen molar-refractivity contribution in [1.82, 2.24) is 19.9 Å². The van der Waals surface area contributed by atoms with Gasteiger partial charge in [0.25, 0.3) is 0 Å². The number of nitrogens with zero attached hydrogens (tertiary/aromatic N) is 3. The molecule has 0 aliphatic rings. The lowest BCUT2D eigenvalue weighted by Crippen LogP contribution is -2.23. The van der Waals surface area contributed by atoms with Crippen LogP contribution in [0.4, 0.5) is 0 Å². The molecule has 0 aliphatic heterocycles. The lowest BCUT2D eigenvalue weighted by atomic mass is 10.1. The fraction of sp³-hybridized carbons (Fsp3) is 0.280. The summed E-state index contributed by atoms with van der Waals surface area (Å²) in [7, 11) is 3.81. The van der Waals surface area contributed by atoms with E-state index in [1.165, 1.54) is 5.56 Å². The monoisotopic (exact) mass is 416 g/mol. The number of fused-ring (bicyclic) bond motifs is 1. The highest BCUT2D eigenvalue weighted by atomic mass is 16.5. The number of likely N-dealkylation sites (N-methyl/N-ethyl adjacent to an activating group) is 1. The van der Waals surface area contributed by atoms with Gasteiger partial charge in [-0.05, 0) is 49.7 Å². The molecule has 0 spiro atoms. The SMILES string of the molecule is COc1ccc(-c2nc3ncccc3[nH]2)c(OCCCN(C)CCc2ccccc2)c1. The number of ether oxygens (including phenoxy) is 2. The second-order valence-electron chi connectivity index (χ2n) is 7.56. The molecule has 0 saturated carbocycles. The first-order chi connectivity index (χ1) is 15.2. The Labute approximate surface area is 182 Å². The summed E-state index contributed by atoms with van der Waals surface area (Å²) in [4.78, 5) is 14.6. The molecule has 0 amide bonds. The summed E-state index contributed by atoms with van der Waals surface area (Å²) in [6.07, 6.45) is 3.73. The molecule has 0 radical (unpaired) electrons. The minimum Gasteiger partial charge on any atom is -0.497 e. The molecule has 1 N–H and O–H groups in total. The Balaban J connectivity index is 1.36. The van der Waals surface area contributed by atoms with Crippen molar-refractivity contribution in [2.24, 2.45) is 0 Å². The molecule has 0 fully saturated rings. The Morgan fingerprint density at radius 2 is 1.87 bits per heavy atom. The third kappa shape index (κ3) is 5.41. The number of rotatable bonds is 10. The van der Waals surface area contributed by atoms with Gasteiger partial charge < -0.3 is 19.4 Å². The van der Waals surface area contributed by atoms with E-state index in [-0.39, 0.29) is 0 Å². The van der Waals surface area contributed by atoms with Crippen molar-refractivity contribution in [1.29, 1.82) is 0 Å². The van der Waals surface area contributed by atoms with Crippen molar-refractivity contribution in [3.05, 3.63) is 72.4 Å². The van der Waals surface area contributed by atoms with Crippen molar-refractivity contribution in [3.63, 3.8) is 0 Å². The van der Waals surface area contributed by atoms with Gasteiger partial charge in [-0.25, -0.2) is 9.97 Å². The van der Waals surface area contributed by atoms with Gasteiger partial charge in [-0.1, -0.05) is 30.3 Å². The molecule has 4 rings (SSSR count). The van der Waals surface area contributed by atoms with Crippen molar-refractivity contribution in [2.75, 3.05) is 33.9 Å². The summed E-state index contributed by atoms with van der Waals surface area (Å²) in [5.41, 5.74) is 3.86. The Morgan fingerprint density at radius 3 is 2.68 bits per heavy atom. The van der Waals surface area contributed by atoms with E-state index in [1.54, 1.807) is 13.3 Å². The van der Waals surface area contributed by atoms with Crippen LogP contribution in [0, 0.1) is 0 Å². The standard InChI is InChI=1S/C25H28N4O2/c1-29(16-13-19-8-4-3-5-9-19)15-7-17-31-23-18-20(30-2)11-12-21(23)24-27-22-10-6-14-26-25(22)28-24/h3-6,8-12,14,18H,7,13,15-17H2,1-2H3,(H,26,27,28). The van der Waals surface area contributed by atoms with Crippen LogP contribution >= 0.6 is 0 Å². The quantitative estimate of drug-likeness (QED) is 0.384. The van der Waals surface area contributed by atoms with E-state index in [1.807, 2.05) is 30.3 Å². The number of aromatic nitrogens is 3. The molecule has 0 atom stereocenters. The van der Waals surface area contributed by atoms with Gasteiger partial charge >= 0.3 is 0 Å². The minimum atomic E-state index is 0.619. The smallest absolute Gasteiger partial charge is 0.178 e. The van der Waals surface area contributed by atoms with E-state index in [2.05, 4.69) is 57.2 Å². The lowest BCUT2D eigenvalue weighted by molar-refractivity contribution is 0.264. The fourth-order valence-corrected chi connectivity index (χ4v) is 3.51. The summed E-state index contributed by atoms with van der Waals surface area (Å²) in [6.45, 7) is 2.62. The zero-order valence-corrected chi connectivity index (χ0v) is 18.0. The van der Waals surface area contributed by atoms with Crippen molar-refractivity contribution in [2.45, 2.75) is 12.8 Å². The molecule has 0 aliphatic carbocycles. The number of benzene rings is 2. The average Bonchev–Trinajstić information content (AvgIpc) is 3.25. The zero-order valence-electron chi connectivity index (χ0n) is 18.0. The molecule has 31 heavy (non-hydrogen) atoms. The van der Waals surface area contributed by atoms with Crippen molar-refractivity contribution < 1.29 is 9.47 Å². The van der Waals surface area contributed by atoms with Crippen molar-refractivity contribution in [3.8, 4) is 22.9 Å². The van der Waals surface area contributed by atoms with Crippen molar-refractivity contribution >= 4 is 11.2 Å². The molecule has 4 aromatic rings. The molecule has 0 saturated heterocycles. The molecule has 6 heteroatoms. The van der Waals surface area contributed by atoms with Gasteiger partial charge in [0.05, 0.1) is 24.8 Å². The van der Waals surface area contributed by atoms with E-state index in [9.17, 15) is 0 Å². The number of pyridine rings is 1. The molecule has 0 unspecified atom stereocenters. The zero-order chi connectivity index (χ0) is 21.5. The number of aromatic amines is 1. The normalized spacial score (nSPS) is 11.2. The third-order valence-electron chi connectivity index (χ3n) is 5.27. The summed E-state index contributed by atoms with van der Waals surface area (Å²) in [5, 5.41) is 0. The summed E-state index contributed by atoms with van der Waals surface area (Å²) >= 11 is 0. The molecular weight excluding hydrogens is 388 g/mol. The maximum Gasteiger partial charge on any atom is 0.178 e. The Kier molecular flexibility index (Phi) is 6.79. The summed E-state index contributed by atoms with van der Waals surface area (Å²) < 4.78 is 11.5. The van der Waals surface area contributed by atoms with Crippen LogP contribution in [0.1, 0.15) is 12.0 Å². The van der Waals surface area contributed by atoms with E-state index >= 15 is 0 Å². The minimum absolute atomic E-state index is 0.619. The molecule has 2 heterocycles. The topological polar surface area (TPSA) is 63.3 Å². The van der Waals surface area contributed by atoms with Crippen LogP contribution in [0.5, 0.6) is 11.5 Å². The Morgan fingerprint density at radius 1 is 1.00 bits per heavy atom. The molecule has 0 bridgehead atoms. The van der Waals surface area contributed by atoms with Gasteiger partial charge in [0.2, 0.25) is 0 Å². The fourth-order valence-electron chi connectivity index (χ4n) is 3.51.